The second-order valence-electron chi connectivity index (χ2n) is 17.7. The lowest BCUT2D eigenvalue weighted by molar-refractivity contribution is 0.100. The third-order valence-electron chi connectivity index (χ3n) is 13.5. The highest BCUT2D eigenvalue weighted by molar-refractivity contribution is 5.50. The average molecular weight is 603 g/mol. The van der Waals surface area contributed by atoms with Gasteiger partial charge >= 0.3 is 0 Å². The van der Waals surface area contributed by atoms with Gasteiger partial charge < -0.3 is 10.2 Å². The summed E-state index contributed by atoms with van der Waals surface area (Å²) in [5.74, 6) is 6.55. The van der Waals surface area contributed by atoms with E-state index in [4.69, 9.17) is 0 Å². The van der Waals surface area contributed by atoms with Gasteiger partial charge in [-0.25, -0.2) is 0 Å². The van der Waals surface area contributed by atoms with Crippen LogP contribution in [0.5, 0.6) is 11.5 Å². The van der Waals surface area contributed by atoms with Crippen LogP contribution in [0.1, 0.15) is 149 Å². The van der Waals surface area contributed by atoms with Crippen molar-refractivity contribution in [3.05, 3.63) is 58.1 Å². The molecule has 3 saturated carbocycles. The molecule has 3 fully saturated rings. The molecule has 0 aliphatic heterocycles. The van der Waals surface area contributed by atoms with Crippen molar-refractivity contribution in [2.24, 2.45) is 40.9 Å². The van der Waals surface area contributed by atoms with Crippen molar-refractivity contribution in [1.29, 1.82) is 0 Å². The van der Waals surface area contributed by atoms with E-state index in [1.165, 1.54) is 48.8 Å². The number of phenolic OH excluding ortho intramolecular Hbond substituents is 2. The van der Waals surface area contributed by atoms with E-state index >= 15 is 0 Å². The predicted octanol–water partition coefficient (Wildman–Crippen LogP) is 11.8. The lowest BCUT2D eigenvalue weighted by Gasteiger charge is -2.45. The van der Waals surface area contributed by atoms with Crippen LogP contribution < -0.4 is 0 Å². The summed E-state index contributed by atoms with van der Waals surface area (Å²) >= 11 is 0. The summed E-state index contributed by atoms with van der Waals surface area (Å²) in [6, 6.07) is 10.4. The molecule has 0 radical (unpaired) electrons. The summed E-state index contributed by atoms with van der Waals surface area (Å²) in [7, 11) is 0. The second kappa shape index (κ2) is 12.3. The van der Waals surface area contributed by atoms with Gasteiger partial charge in [0.05, 0.1) is 0 Å². The summed E-state index contributed by atoms with van der Waals surface area (Å²) in [5.41, 5.74) is 6.12. The topological polar surface area (TPSA) is 40.5 Å². The molecule has 2 aromatic carbocycles. The van der Waals surface area contributed by atoms with E-state index in [2.05, 4.69) is 108 Å². The standard InChI is InChI=1S/C27H42O.C15H24O/c1-8-17-10-11-19-20-14-18(24(17)19)15-21(20)27(7,9-2)23-13-16(3)12-22(25(23)28)26(4,5)6;1-7-15(6,14(3,4)5)12-10-11(2)8-9-13(12)16/h12-13,17-21,24,28H,8-11,14-15H2,1-7H3;8-10,16H,7H2,1-6H3. The number of aryl methyl sites for hydroxylation is 2. The van der Waals surface area contributed by atoms with Crippen molar-refractivity contribution in [1.82, 2.24) is 0 Å². The molecule has 0 heterocycles. The van der Waals surface area contributed by atoms with Gasteiger partial charge in [0.15, 0.2) is 0 Å². The molecule has 3 aliphatic rings. The summed E-state index contributed by atoms with van der Waals surface area (Å²) in [4.78, 5) is 0. The Bertz CT molecular complexity index is 1310. The molecular weight excluding hydrogens is 536 g/mol. The molecule has 0 amide bonds. The second-order valence-corrected chi connectivity index (χ2v) is 17.7. The zero-order valence-corrected chi connectivity index (χ0v) is 30.7. The molecule has 5 rings (SSSR count). The van der Waals surface area contributed by atoms with Crippen molar-refractivity contribution in [2.45, 2.75) is 151 Å². The molecule has 0 spiro atoms. The smallest absolute Gasteiger partial charge is 0.123 e. The van der Waals surface area contributed by atoms with Crippen LogP contribution in [0.15, 0.2) is 30.3 Å². The van der Waals surface area contributed by atoms with Gasteiger partial charge in [0.1, 0.15) is 11.5 Å². The summed E-state index contributed by atoms with van der Waals surface area (Å²) in [6.07, 6.45) is 9.32. The highest BCUT2D eigenvalue weighted by Gasteiger charge is 2.60. The number of phenols is 2. The zero-order chi connectivity index (χ0) is 33.0. The average Bonchev–Trinajstić information content (AvgIpc) is 3.67. The van der Waals surface area contributed by atoms with E-state index in [9.17, 15) is 10.2 Å². The largest absolute Gasteiger partial charge is 0.508 e. The van der Waals surface area contributed by atoms with Crippen molar-refractivity contribution >= 4 is 0 Å². The Balaban J connectivity index is 0.000000236. The Morgan fingerprint density at radius 1 is 0.705 bits per heavy atom. The van der Waals surface area contributed by atoms with Crippen LogP contribution in [0.25, 0.3) is 0 Å². The van der Waals surface area contributed by atoms with Crippen LogP contribution in [0.2, 0.25) is 0 Å². The number of fused-ring (bicyclic) bond motifs is 5. The van der Waals surface area contributed by atoms with Gasteiger partial charge in [0.2, 0.25) is 0 Å². The maximum atomic E-state index is 11.4. The third-order valence-corrected chi connectivity index (χ3v) is 13.5. The van der Waals surface area contributed by atoms with Gasteiger partial charge in [0.25, 0.3) is 0 Å². The van der Waals surface area contributed by atoms with Crippen LogP contribution >= 0.6 is 0 Å². The van der Waals surface area contributed by atoms with Gasteiger partial charge in [-0.2, -0.15) is 0 Å². The molecule has 0 aromatic heterocycles. The van der Waals surface area contributed by atoms with Crippen LogP contribution in [0.4, 0.5) is 0 Å². The zero-order valence-electron chi connectivity index (χ0n) is 30.7. The van der Waals surface area contributed by atoms with Crippen molar-refractivity contribution < 1.29 is 10.2 Å². The lowest BCUT2D eigenvalue weighted by Crippen LogP contribution is -2.40. The maximum Gasteiger partial charge on any atom is 0.123 e. The van der Waals surface area contributed by atoms with E-state index < -0.39 is 0 Å². The number of rotatable bonds is 6. The summed E-state index contributed by atoms with van der Waals surface area (Å²) < 4.78 is 0. The number of hydrogen-bond acceptors (Lipinski definition) is 2. The molecule has 0 saturated heterocycles. The SMILES string of the molecule is CCC(C)(c1cc(C)ccc1O)C(C)(C)C.CCC1CCC2C3CC(CC3C(C)(CC)c3cc(C)cc(C(C)(C)C)c3O)C12. The lowest BCUT2D eigenvalue weighted by atomic mass is 9.59. The van der Waals surface area contributed by atoms with Crippen molar-refractivity contribution in [3.8, 4) is 11.5 Å². The molecule has 8 atom stereocenters. The van der Waals surface area contributed by atoms with Crippen LogP contribution in [-0.4, -0.2) is 10.2 Å². The summed E-state index contributed by atoms with van der Waals surface area (Å²) in [5, 5.41) is 21.5. The fourth-order valence-corrected chi connectivity index (χ4v) is 10.1. The van der Waals surface area contributed by atoms with Crippen molar-refractivity contribution in [2.75, 3.05) is 0 Å². The first-order valence-corrected chi connectivity index (χ1v) is 18.0. The number of benzene rings is 2. The summed E-state index contributed by atoms with van der Waals surface area (Å²) in [6.45, 7) is 29.3. The monoisotopic (exact) mass is 603 g/mol. The number of hydrogen-bond donors (Lipinski definition) is 2. The molecule has 3 aliphatic carbocycles. The quantitative estimate of drug-likeness (QED) is 0.345. The van der Waals surface area contributed by atoms with E-state index in [0.29, 0.717) is 11.5 Å². The van der Waals surface area contributed by atoms with Crippen LogP contribution in [-0.2, 0) is 16.2 Å². The first-order chi connectivity index (χ1) is 20.3. The molecule has 2 bridgehead atoms. The minimum Gasteiger partial charge on any atom is -0.508 e. The van der Waals surface area contributed by atoms with Gasteiger partial charge in [0, 0.05) is 16.5 Å². The van der Waals surface area contributed by atoms with E-state index in [1.54, 1.807) is 0 Å². The minimum atomic E-state index is -0.0287. The molecule has 2 heteroatoms. The van der Waals surface area contributed by atoms with Gasteiger partial charge in [-0.1, -0.05) is 118 Å². The molecule has 8 unspecified atom stereocenters. The Kier molecular flexibility index (Phi) is 9.78. The first kappa shape index (κ1) is 34.9. The molecule has 246 valence electrons. The molecule has 2 aromatic rings. The first-order valence-electron chi connectivity index (χ1n) is 18.0. The Morgan fingerprint density at radius 3 is 1.86 bits per heavy atom. The highest BCUT2D eigenvalue weighted by Crippen LogP contribution is 2.67. The molecular formula is C42H66O2. The Labute approximate surface area is 271 Å². The maximum absolute atomic E-state index is 11.4. The molecule has 2 N–H and O–H groups in total. The molecule has 2 nitrogen and oxygen atoms in total. The van der Waals surface area contributed by atoms with Crippen LogP contribution in [0.3, 0.4) is 0 Å². The van der Waals surface area contributed by atoms with E-state index in [-0.39, 0.29) is 21.7 Å². The predicted molar refractivity (Wildman–Crippen MR) is 189 cm³/mol. The number of aromatic hydroxyl groups is 2. The van der Waals surface area contributed by atoms with Gasteiger partial charge in [-0.05, 0) is 116 Å². The Hall–Kier alpha value is -1.96. The van der Waals surface area contributed by atoms with Crippen LogP contribution in [0, 0.1) is 54.8 Å². The van der Waals surface area contributed by atoms with E-state index in [1.807, 2.05) is 12.1 Å². The van der Waals surface area contributed by atoms with Crippen molar-refractivity contribution in [3.63, 3.8) is 0 Å². The molecule has 44 heavy (non-hydrogen) atoms. The van der Waals surface area contributed by atoms with E-state index in [0.717, 1.165) is 59.5 Å². The normalized spacial score (nSPS) is 29.0. The third kappa shape index (κ3) is 5.98. The Morgan fingerprint density at radius 2 is 1.32 bits per heavy atom. The fourth-order valence-electron chi connectivity index (χ4n) is 10.1. The van der Waals surface area contributed by atoms with Gasteiger partial charge in [-0.15, -0.1) is 0 Å². The minimum absolute atomic E-state index is 0.00308. The fraction of sp³-hybridized carbons (Fsp3) is 0.714. The highest BCUT2D eigenvalue weighted by atomic mass is 16.3. The van der Waals surface area contributed by atoms with Gasteiger partial charge in [-0.3, -0.25) is 0 Å².